The number of alkyl halides is 1. The number of ether oxygens (including phenoxy) is 1. The molecule has 0 radical (unpaired) electrons. The number of hydrogen-bond acceptors (Lipinski definition) is 2. The van der Waals surface area contributed by atoms with Crippen molar-refractivity contribution in [3.8, 4) is 5.75 Å². The fraction of sp³-hybridized carbons (Fsp3) is 0.333. The average Bonchev–Trinajstić information content (AvgIpc) is 2.25. The Morgan fingerprint density at radius 3 is 3.17 bits per heavy atom. The van der Waals surface area contributed by atoms with E-state index in [4.69, 9.17) is 16.3 Å². The molecule has 3 heteroatoms. The van der Waals surface area contributed by atoms with Crippen LogP contribution in [0.25, 0.3) is 0 Å². The molecule has 1 aromatic rings. The average molecular weight is 184 g/mol. The van der Waals surface area contributed by atoms with Crippen LogP contribution < -0.4 is 10.1 Å². The molecule has 1 aliphatic heterocycles. The molecule has 0 aliphatic carbocycles. The largest absolute Gasteiger partial charge is 0.472 e. The molecule has 0 saturated carbocycles. The molecule has 0 bridgehead atoms. The number of nitrogens with one attached hydrogen (secondary N) is 1. The minimum absolute atomic E-state index is 0.207. The first kappa shape index (κ1) is 7.74. The Morgan fingerprint density at radius 2 is 2.25 bits per heavy atom. The van der Waals surface area contributed by atoms with Gasteiger partial charge in [0.1, 0.15) is 5.75 Å². The monoisotopic (exact) mass is 183 g/mol. The molecule has 0 amide bonds. The van der Waals surface area contributed by atoms with E-state index in [0.29, 0.717) is 0 Å². The third-order valence-corrected chi connectivity index (χ3v) is 2.14. The smallest absolute Gasteiger partial charge is 0.174 e. The lowest BCUT2D eigenvalue weighted by molar-refractivity contribution is 0.282. The Labute approximate surface area is 76.5 Å². The summed E-state index contributed by atoms with van der Waals surface area (Å²) in [6.07, 6.45) is 0.830. The Morgan fingerprint density at radius 1 is 1.42 bits per heavy atom. The normalized spacial score (nSPS) is 21.6. The SMILES string of the molecule is ClC1CCNc2ccccc2O1. The zero-order valence-electron chi connectivity index (χ0n) is 6.59. The van der Waals surface area contributed by atoms with Crippen LogP contribution in [0, 0.1) is 0 Å². The second kappa shape index (κ2) is 3.23. The highest BCUT2D eigenvalue weighted by Gasteiger charge is 2.13. The highest BCUT2D eigenvalue weighted by Crippen LogP contribution is 2.28. The maximum Gasteiger partial charge on any atom is 0.174 e. The molecule has 1 atom stereocenters. The van der Waals surface area contributed by atoms with Crippen molar-refractivity contribution in [2.75, 3.05) is 11.9 Å². The number of benzene rings is 1. The van der Waals surface area contributed by atoms with Gasteiger partial charge in [0.15, 0.2) is 5.56 Å². The molecular weight excluding hydrogens is 174 g/mol. The fourth-order valence-electron chi connectivity index (χ4n) is 1.23. The van der Waals surface area contributed by atoms with Gasteiger partial charge in [0.05, 0.1) is 5.69 Å². The van der Waals surface area contributed by atoms with Gasteiger partial charge in [-0.1, -0.05) is 23.7 Å². The van der Waals surface area contributed by atoms with E-state index >= 15 is 0 Å². The highest BCUT2D eigenvalue weighted by atomic mass is 35.5. The molecule has 1 heterocycles. The van der Waals surface area contributed by atoms with E-state index in [2.05, 4.69) is 5.32 Å². The lowest BCUT2D eigenvalue weighted by atomic mass is 10.3. The van der Waals surface area contributed by atoms with Gasteiger partial charge in [-0.2, -0.15) is 0 Å². The summed E-state index contributed by atoms with van der Waals surface area (Å²) in [6.45, 7) is 0.866. The summed E-state index contributed by atoms with van der Waals surface area (Å²) < 4.78 is 5.46. The van der Waals surface area contributed by atoms with E-state index in [-0.39, 0.29) is 5.56 Å². The molecule has 1 unspecified atom stereocenters. The second-order valence-corrected chi connectivity index (χ2v) is 3.23. The molecule has 1 aromatic carbocycles. The standard InChI is InChI=1S/C9H10ClNO/c10-9-5-6-11-7-3-1-2-4-8(7)12-9/h1-4,9,11H,5-6H2. The summed E-state index contributed by atoms with van der Waals surface area (Å²) in [7, 11) is 0. The summed E-state index contributed by atoms with van der Waals surface area (Å²) in [5, 5.41) is 3.25. The van der Waals surface area contributed by atoms with Crippen molar-refractivity contribution in [3.05, 3.63) is 24.3 Å². The number of rotatable bonds is 0. The van der Waals surface area contributed by atoms with Gasteiger partial charge in [-0.25, -0.2) is 0 Å². The molecule has 0 spiro atoms. The minimum Gasteiger partial charge on any atom is -0.472 e. The molecule has 12 heavy (non-hydrogen) atoms. The summed E-state index contributed by atoms with van der Waals surface area (Å²) in [5.74, 6) is 0.843. The molecule has 64 valence electrons. The van der Waals surface area contributed by atoms with Crippen molar-refractivity contribution in [3.63, 3.8) is 0 Å². The number of anilines is 1. The Hall–Kier alpha value is -0.890. The molecule has 2 rings (SSSR count). The van der Waals surface area contributed by atoms with Gasteiger partial charge >= 0.3 is 0 Å². The summed E-state index contributed by atoms with van der Waals surface area (Å²) >= 11 is 5.89. The third kappa shape index (κ3) is 1.48. The van der Waals surface area contributed by atoms with Crippen LogP contribution in [0.15, 0.2) is 24.3 Å². The zero-order chi connectivity index (χ0) is 8.39. The maximum atomic E-state index is 5.89. The lowest BCUT2D eigenvalue weighted by Gasteiger charge is -2.08. The molecule has 2 nitrogen and oxygen atoms in total. The van der Waals surface area contributed by atoms with Gasteiger partial charge in [0, 0.05) is 13.0 Å². The molecule has 0 fully saturated rings. The fourth-order valence-corrected chi connectivity index (χ4v) is 1.44. The van der Waals surface area contributed by atoms with Crippen molar-refractivity contribution in [1.29, 1.82) is 0 Å². The summed E-state index contributed by atoms with van der Waals surface area (Å²) in [6, 6.07) is 7.83. The third-order valence-electron chi connectivity index (χ3n) is 1.83. The van der Waals surface area contributed by atoms with Gasteiger partial charge in [-0.15, -0.1) is 0 Å². The Bertz CT molecular complexity index is 277. The molecule has 0 saturated heterocycles. The van der Waals surface area contributed by atoms with E-state index in [0.717, 1.165) is 24.4 Å². The van der Waals surface area contributed by atoms with E-state index in [1.54, 1.807) is 0 Å². The van der Waals surface area contributed by atoms with Crippen LogP contribution in [-0.4, -0.2) is 12.1 Å². The van der Waals surface area contributed by atoms with Crippen LogP contribution in [0.4, 0.5) is 5.69 Å². The van der Waals surface area contributed by atoms with Gasteiger partial charge in [-0.3, -0.25) is 0 Å². The Kier molecular flexibility index (Phi) is 2.09. The van der Waals surface area contributed by atoms with E-state index in [1.807, 2.05) is 24.3 Å². The van der Waals surface area contributed by atoms with Gasteiger partial charge < -0.3 is 10.1 Å². The molecule has 1 aliphatic rings. The van der Waals surface area contributed by atoms with E-state index < -0.39 is 0 Å². The van der Waals surface area contributed by atoms with Crippen LogP contribution >= 0.6 is 11.6 Å². The summed E-state index contributed by atoms with van der Waals surface area (Å²) in [4.78, 5) is 0. The van der Waals surface area contributed by atoms with Crippen molar-refractivity contribution in [2.45, 2.75) is 12.0 Å². The van der Waals surface area contributed by atoms with Crippen molar-refractivity contribution in [2.24, 2.45) is 0 Å². The number of halogens is 1. The van der Waals surface area contributed by atoms with Crippen LogP contribution in [0.3, 0.4) is 0 Å². The quantitative estimate of drug-likeness (QED) is 0.624. The van der Waals surface area contributed by atoms with Crippen molar-refractivity contribution in [1.82, 2.24) is 0 Å². The molecular formula is C9H10ClNO. The first-order chi connectivity index (χ1) is 5.86. The van der Waals surface area contributed by atoms with Crippen LogP contribution in [0.5, 0.6) is 5.75 Å². The molecule has 0 aromatic heterocycles. The molecule has 1 N–H and O–H groups in total. The summed E-state index contributed by atoms with van der Waals surface area (Å²) in [5.41, 5.74) is 0.821. The predicted molar refractivity (Wildman–Crippen MR) is 49.8 cm³/mol. The predicted octanol–water partition coefficient (Wildman–Crippen LogP) is 2.45. The van der Waals surface area contributed by atoms with Gasteiger partial charge in [0.25, 0.3) is 0 Å². The van der Waals surface area contributed by atoms with Gasteiger partial charge in [0.2, 0.25) is 0 Å². The van der Waals surface area contributed by atoms with E-state index in [9.17, 15) is 0 Å². The van der Waals surface area contributed by atoms with Crippen molar-refractivity contribution >= 4 is 17.3 Å². The maximum absolute atomic E-state index is 5.89. The number of para-hydroxylation sites is 2. The van der Waals surface area contributed by atoms with Crippen LogP contribution in [-0.2, 0) is 0 Å². The Balaban J connectivity index is 2.31. The lowest BCUT2D eigenvalue weighted by Crippen LogP contribution is -2.09. The van der Waals surface area contributed by atoms with Crippen molar-refractivity contribution < 1.29 is 4.74 Å². The van der Waals surface area contributed by atoms with Crippen LogP contribution in [0.1, 0.15) is 6.42 Å². The second-order valence-electron chi connectivity index (χ2n) is 2.74. The first-order valence-electron chi connectivity index (χ1n) is 4.00. The van der Waals surface area contributed by atoms with Crippen LogP contribution in [0.2, 0.25) is 0 Å². The van der Waals surface area contributed by atoms with Gasteiger partial charge in [-0.05, 0) is 12.1 Å². The topological polar surface area (TPSA) is 21.3 Å². The number of fused-ring (bicyclic) bond motifs is 1. The van der Waals surface area contributed by atoms with E-state index in [1.165, 1.54) is 0 Å². The first-order valence-corrected chi connectivity index (χ1v) is 4.43. The zero-order valence-corrected chi connectivity index (χ0v) is 7.34. The number of hydrogen-bond donors (Lipinski definition) is 1. The highest BCUT2D eigenvalue weighted by molar-refractivity contribution is 6.19. The minimum atomic E-state index is -0.207.